The van der Waals surface area contributed by atoms with E-state index in [0.29, 0.717) is 0 Å². The van der Waals surface area contributed by atoms with Gasteiger partial charge in [0.1, 0.15) is 5.75 Å². The van der Waals surface area contributed by atoms with Gasteiger partial charge in [0.15, 0.2) is 0 Å². The molecule has 1 aromatic heterocycles. The molecule has 0 saturated heterocycles. The first-order valence-corrected chi connectivity index (χ1v) is 9.31. The minimum Gasteiger partial charge on any atom is -0.496 e. The van der Waals surface area contributed by atoms with Gasteiger partial charge in [0.05, 0.1) is 29.4 Å². The summed E-state index contributed by atoms with van der Waals surface area (Å²) in [5.74, 6) is 0.883. The first kappa shape index (κ1) is 16.2. The fraction of sp³-hybridized carbons (Fsp3) is 0.150. The Labute approximate surface area is 156 Å². The summed E-state index contributed by atoms with van der Waals surface area (Å²) < 4.78 is 5.59. The number of para-hydroxylation sites is 1. The Kier molecular flexibility index (Phi) is 4.47. The van der Waals surface area contributed by atoms with Crippen LogP contribution in [0.1, 0.15) is 22.9 Å². The second kappa shape index (κ2) is 6.90. The van der Waals surface area contributed by atoms with Crippen molar-refractivity contribution < 1.29 is 4.74 Å². The van der Waals surface area contributed by atoms with Crippen molar-refractivity contribution in [2.45, 2.75) is 12.5 Å². The lowest BCUT2D eigenvalue weighted by molar-refractivity contribution is 0.405. The maximum Gasteiger partial charge on any atom is 0.124 e. The predicted molar refractivity (Wildman–Crippen MR) is 105 cm³/mol. The lowest BCUT2D eigenvalue weighted by Gasteiger charge is -2.25. The van der Waals surface area contributed by atoms with E-state index in [1.165, 1.54) is 4.88 Å². The second-order valence-electron chi connectivity index (χ2n) is 5.81. The third kappa shape index (κ3) is 3.15. The smallest absolute Gasteiger partial charge is 0.124 e. The van der Waals surface area contributed by atoms with E-state index >= 15 is 0 Å². The van der Waals surface area contributed by atoms with E-state index < -0.39 is 0 Å². The molecular weight excluding hydrogens is 352 g/mol. The molecule has 25 heavy (non-hydrogen) atoms. The number of anilines is 1. The number of halogens is 1. The average molecular weight is 369 g/mol. The molecule has 0 bridgehead atoms. The first-order valence-electron chi connectivity index (χ1n) is 8.05. The number of hydrogen-bond acceptors (Lipinski definition) is 4. The molecule has 1 aliphatic rings. The van der Waals surface area contributed by atoms with Crippen molar-refractivity contribution >= 4 is 34.3 Å². The Morgan fingerprint density at radius 3 is 2.60 bits per heavy atom. The van der Waals surface area contributed by atoms with Crippen LogP contribution in [0.2, 0.25) is 5.02 Å². The van der Waals surface area contributed by atoms with Crippen molar-refractivity contribution in [2.24, 2.45) is 5.10 Å². The minimum atomic E-state index is 0.0921. The third-order valence-corrected chi connectivity index (χ3v) is 5.48. The average Bonchev–Trinajstić information content (AvgIpc) is 3.32. The standard InChI is InChI=1S/C20H17ClN2OS/c1-24-19-6-3-2-5-16(19)18-13-17(20-7-4-12-25-20)22-23(18)15-10-8-14(21)9-11-15/h2-12,18H,13H2,1H3/t18-/m0/s1. The summed E-state index contributed by atoms with van der Waals surface area (Å²) in [5, 5.41) is 9.80. The van der Waals surface area contributed by atoms with Gasteiger partial charge in [-0.05, 0) is 41.8 Å². The number of rotatable bonds is 4. The molecule has 0 N–H and O–H groups in total. The molecule has 5 heteroatoms. The molecule has 0 unspecified atom stereocenters. The van der Waals surface area contributed by atoms with Crippen LogP contribution in [0.25, 0.3) is 0 Å². The highest BCUT2D eigenvalue weighted by Crippen LogP contribution is 2.40. The SMILES string of the molecule is COc1ccccc1[C@@H]1CC(c2cccs2)=NN1c1ccc(Cl)cc1. The van der Waals surface area contributed by atoms with Gasteiger partial charge in [0, 0.05) is 17.0 Å². The Morgan fingerprint density at radius 1 is 1.08 bits per heavy atom. The number of nitrogens with zero attached hydrogens (tertiary/aromatic N) is 2. The molecule has 0 radical (unpaired) electrons. The zero-order valence-electron chi connectivity index (χ0n) is 13.7. The monoisotopic (exact) mass is 368 g/mol. The van der Waals surface area contributed by atoms with E-state index in [9.17, 15) is 0 Å². The molecule has 4 rings (SSSR count). The lowest BCUT2D eigenvalue weighted by atomic mass is 10.00. The molecule has 126 valence electrons. The summed E-state index contributed by atoms with van der Waals surface area (Å²) in [6.07, 6.45) is 0.837. The Hall–Kier alpha value is -2.30. The summed E-state index contributed by atoms with van der Waals surface area (Å²) in [6.45, 7) is 0. The molecule has 0 fully saturated rings. The summed E-state index contributed by atoms with van der Waals surface area (Å²) in [4.78, 5) is 1.20. The highest BCUT2D eigenvalue weighted by Gasteiger charge is 2.32. The van der Waals surface area contributed by atoms with E-state index in [-0.39, 0.29) is 6.04 Å². The summed E-state index contributed by atoms with van der Waals surface area (Å²) >= 11 is 7.77. The van der Waals surface area contributed by atoms with Gasteiger partial charge < -0.3 is 4.74 Å². The fourth-order valence-electron chi connectivity index (χ4n) is 3.12. The second-order valence-corrected chi connectivity index (χ2v) is 7.19. The van der Waals surface area contributed by atoms with Gasteiger partial charge in [0.2, 0.25) is 0 Å². The van der Waals surface area contributed by atoms with Gasteiger partial charge in [-0.2, -0.15) is 5.10 Å². The van der Waals surface area contributed by atoms with Gasteiger partial charge in [-0.15, -0.1) is 11.3 Å². The van der Waals surface area contributed by atoms with Gasteiger partial charge in [-0.1, -0.05) is 35.9 Å². The van der Waals surface area contributed by atoms with Crippen molar-refractivity contribution in [2.75, 3.05) is 12.1 Å². The Bertz CT molecular complexity index is 890. The molecule has 1 aliphatic heterocycles. The minimum absolute atomic E-state index is 0.0921. The van der Waals surface area contributed by atoms with Gasteiger partial charge in [-0.25, -0.2) is 0 Å². The predicted octanol–water partition coefficient (Wildman–Crippen LogP) is 5.77. The number of hydrogen-bond donors (Lipinski definition) is 0. The molecule has 0 spiro atoms. The largest absolute Gasteiger partial charge is 0.496 e. The Morgan fingerprint density at radius 2 is 1.88 bits per heavy atom. The fourth-order valence-corrected chi connectivity index (χ4v) is 3.96. The summed E-state index contributed by atoms with van der Waals surface area (Å²) in [5.41, 5.74) is 3.25. The summed E-state index contributed by atoms with van der Waals surface area (Å²) in [7, 11) is 1.71. The summed E-state index contributed by atoms with van der Waals surface area (Å²) in [6, 6.07) is 20.2. The quantitative estimate of drug-likeness (QED) is 0.584. The number of thiophene rings is 1. The van der Waals surface area contributed by atoms with Crippen molar-refractivity contribution in [1.29, 1.82) is 0 Å². The molecule has 2 aromatic carbocycles. The molecule has 0 amide bonds. The molecule has 0 saturated carbocycles. The van der Waals surface area contributed by atoms with Crippen LogP contribution in [-0.4, -0.2) is 12.8 Å². The number of methoxy groups -OCH3 is 1. The van der Waals surface area contributed by atoms with Crippen LogP contribution >= 0.6 is 22.9 Å². The third-order valence-electron chi connectivity index (χ3n) is 4.31. The van der Waals surface area contributed by atoms with E-state index in [2.05, 4.69) is 28.6 Å². The highest BCUT2D eigenvalue weighted by molar-refractivity contribution is 7.12. The van der Waals surface area contributed by atoms with Crippen LogP contribution in [0, 0.1) is 0 Å². The van der Waals surface area contributed by atoms with Crippen molar-refractivity contribution in [1.82, 2.24) is 0 Å². The van der Waals surface area contributed by atoms with Crippen LogP contribution in [0.3, 0.4) is 0 Å². The molecule has 3 aromatic rings. The van der Waals surface area contributed by atoms with Gasteiger partial charge >= 0.3 is 0 Å². The maximum absolute atomic E-state index is 6.06. The van der Waals surface area contributed by atoms with E-state index in [1.54, 1.807) is 18.4 Å². The number of benzene rings is 2. The molecule has 1 atom stereocenters. The lowest BCUT2D eigenvalue weighted by Crippen LogP contribution is -2.19. The van der Waals surface area contributed by atoms with Crippen molar-refractivity contribution in [3.05, 3.63) is 81.5 Å². The zero-order chi connectivity index (χ0) is 17.2. The van der Waals surface area contributed by atoms with E-state index in [0.717, 1.165) is 34.2 Å². The van der Waals surface area contributed by atoms with Crippen LogP contribution in [0.4, 0.5) is 5.69 Å². The molecule has 0 aliphatic carbocycles. The highest BCUT2D eigenvalue weighted by atomic mass is 35.5. The number of ether oxygens (including phenoxy) is 1. The van der Waals surface area contributed by atoms with Crippen molar-refractivity contribution in [3.63, 3.8) is 0 Å². The zero-order valence-corrected chi connectivity index (χ0v) is 15.3. The number of hydrazone groups is 1. The molecule has 2 heterocycles. The van der Waals surface area contributed by atoms with E-state index in [1.807, 2.05) is 42.5 Å². The topological polar surface area (TPSA) is 24.8 Å². The van der Waals surface area contributed by atoms with Crippen LogP contribution < -0.4 is 9.75 Å². The van der Waals surface area contributed by atoms with Gasteiger partial charge in [0.25, 0.3) is 0 Å². The first-order chi connectivity index (χ1) is 12.3. The van der Waals surface area contributed by atoms with Crippen molar-refractivity contribution in [3.8, 4) is 5.75 Å². The van der Waals surface area contributed by atoms with Crippen LogP contribution in [0.15, 0.2) is 71.1 Å². The molecular formula is C20H17ClN2OS. The molecule has 3 nitrogen and oxygen atoms in total. The van der Waals surface area contributed by atoms with Crippen LogP contribution in [0.5, 0.6) is 5.75 Å². The maximum atomic E-state index is 6.06. The van der Waals surface area contributed by atoms with Crippen LogP contribution in [-0.2, 0) is 0 Å². The normalized spacial score (nSPS) is 16.8. The van der Waals surface area contributed by atoms with Gasteiger partial charge in [-0.3, -0.25) is 5.01 Å². The Balaban J connectivity index is 1.78. The van der Waals surface area contributed by atoms with E-state index in [4.69, 9.17) is 21.4 Å².